The van der Waals surface area contributed by atoms with Gasteiger partial charge in [0.1, 0.15) is 12.7 Å². The number of nitrogens with zero attached hydrogens (tertiary/aromatic N) is 5. The zero-order valence-corrected chi connectivity index (χ0v) is 12.5. The molecule has 110 valence electrons. The van der Waals surface area contributed by atoms with Crippen molar-refractivity contribution in [1.82, 2.24) is 24.6 Å². The lowest BCUT2D eigenvalue weighted by molar-refractivity contribution is 0.0664. The second kappa shape index (κ2) is 5.83. The first-order chi connectivity index (χ1) is 10.1. The molecule has 1 aliphatic rings. The van der Waals surface area contributed by atoms with Crippen LogP contribution in [0.2, 0.25) is 5.02 Å². The molecule has 1 fully saturated rings. The minimum Gasteiger partial charge on any atom is -0.336 e. The second-order valence-corrected chi connectivity index (χ2v) is 5.54. The quantitative estimate of drug-likeness (QED) is 0.839. The Hall–Kier alpha value is -1.92. The molecule has 2 aromatic rings. The van der Waals surface area contributed by atoms with Crippen molar-refractivity contribution in [1.29, 1.82) is 0 Å². The van der Waals surface area contributed by atoms with Gasteiger partial charge in [0.25, 0.3) is 5.91 Å². The molecular weight excluding hydrogens is 290 g/mol. The number of rotatable bonds is 2. The van der Waals surface area contributed by atoms with Gasteiger partial charge in [-0.15, -0.1) is 10.2 Å². The highest BCUT2D eigenvalue weighted by molar-refractivity contribution is 6.33. The number of carbonyl (C=O) groups excluding carboxylic acids is 1. The molecule has 0 radical (unpaired) electrons. The predicted molar refractivity (Wildman–Crippen MR) is 79.8 cm³/mol. The van der Waals surface area contributed by atoms with Crippen molar-refractivity contribution in [3.8, 4) is 5.69 Å². The van der Waals surface area contributed by atoms with Gasteiger partial charge in [0.2, 0.25) is 0 Å². The van der Waals surface area contributed by atoms with Gasteiger partial charge in [0.15, 0.2) is 0 Å². The van der Waals surface area contributed by atoms with E-state index >= 15 is 0 Å². The van der Waals surface area contributed by atoms with E-state index in [-0.39, 0.29) is 5.91 Å². The largest absolute Gasteiger partial charge is 0.336 e. The van der Waals surface area contributed by atoms with Gasteiger partial charge in [-0.2, -0.15) is 0 Å². The van der Waals surface area contributed by atoms with Crippen molar-refractivity contribution in [2.75, 3.05) is 33.2 Å². The van der Waals surface area contributed by atoms with Crippen molar-refractivity contribution in [2.24, 2.45) is 0 Å². The smallest absolute Gasteiger partial charge is 0.255 e. The lowest BCUT2D eigenvalue weighted by Crippen LogP contribution is -2.47. The summed E-state index contributed by atoms with van der Waals surface area (Å²) in [4.78, 5) is 16.7. The van der Waals surface area contributed by atoms with E-state index in [0.717, 1.165) is 31.9 Å². The fraction of sp³-hybridized carbons (Fsp3) is 0.357. The van der Waals surface area contributed by atoms with Crippen molar-refractivity contribution in [2.45, 2.75) is 0 Å². The number of benzene rings is 1. The van der Waals surface area contributed by atoms with Crippen LogP contribution in [-0.4, -0.2) is 63.7 Å². The normalized spacial score (nSPS) is 16.2. The fourth-order valence-corrected chi connectivity index (χ4v) is 2.55. The van der Waals surface area contributed by atoms with Crippen LogP contribution < -0.4 is 0 Å². The summed E-state index contributed by atoms with van der Waals surface area (Å²) in [5.74, 6) is -0.0250. The van der Waals surface area contributed by atoms with Crippen LogP contribution >= 0.6 is 11.6 Å². The molecule has 1 aromatic carbocycles. The van der Waals surface area contributed by atoms with Gasteiger partial charge in [0, 0.05) is 31.9 Å². The number of amides is 1. The molecule has 0 saturated carbocycles. The van der Waals surface area contributed by atoms with Crippen LogP contribution in [0, 0.1) is 0 Å². The molecule has 0 spiro atoms. The van der Waals surface area contributed by atoms with Crippen molar-refractivity contribution in [3.63, 3.8) is 0 Å². The molecule has 0 N–H and O–H groups in total. The van der Waals surface area contributed by atoms with Crippen molar-refractivity contribution < 1.29 is 4.79 Å². The maximum atomic E-state index is 12.6. The molecule has 0 unspecified atom stereocenters. The average Bonchev–Trinajstić information content (AvgIpc) is 3.02. The van der Waals surface area contributed by atoms with Gasteiger partial charge in [-0.1, -0.05) is 11.6 Å². The van der Waals surface area contributed by atoms with Crippen LogP contribution in [0.3, 0.4) is 0 Å². The number of carbonyl (C=O) groups is 1. The minimum atomic E-state index is -0.0250. The van der Waals surface area contributed by atoms with E-state index in [1.165, 1.54) is 0 Å². The Morgan fingerprint density at radius 2 is 1.81 bits per heavy atom. The molecule has 0 bridgehead atoms. The first kappa shape index (κ1) is 14.0. The fourth-order valence-electron chi connectivity index (χ4n) is 2.35. The first-order valence-electron chi connectivity index (χ1n) is 6.77. The summed E-state index contributed by atoms with van der Waals surface area (Å²) < 4.78 is 1.75. The first-order valence-corrected chi connectivity index (χ1v) is 7.15. The molecule has 0 atom stereocenters. The van der Waals surface area contributed by atoms with E-state index in [9.17, 15) is 4.79 Å². The van der Waals surface area contributed by atoms with Crippen LogP contribution in [0.1, 0.15) is 10.4 Å². The molecule has 3 rings (SSSR count). The summed E-state index contributed by atoms with van der Waals surface area (Å²) in [5, 5.41) is 8.01. The Morgan fingerprint density at radius 1 is 1.14 bits per heavy atom. The van der Waals surface area contributed by atoms with E-state index in [1.54, 1.807) is 29.4 Å². The molecule has 1 amide bonds. The molecule has 2 heterocycles. The summed E-state index contributed by atoms with van der Waals surface area (Å²) >= 11 is 6.20. The number of hydrogen-bond acceptors (Lipinski definition) is 4. The maximum Gasteiger partial charge on any atom is 0.255 e. The Kier molecular flexibility index (Phi) is 3.90. The van der Waals surface area contributed by atoms with Crippen molar-refractivity contribution >= 4 is 17.5 Å². The molecule has 1 saturated heterocycles. The predicted octanol–water partition coefficient (Wildman–Crippen LogP) is 1.31. The number of aromatic nitrogens is 3. The molecule has 21 heavy (non-hydrogen) atoms. The van der Waals surface area contributed by atoms with Crippen LogP contribution in [0.25, 0.3) is 5.69 Å². The zero-order valence-electron chi connectivity index (χ0n) is 11.7. The van der Waals surface area contributed by atoms with Gasteiger partial charge < -0.3 is 9.80 Å². The van der Waals surface area contributed by atoms with E-state index in [2.05, 4.69) is 22.1 Å². The SMILES string of the molecule is CN1CCN(C(=O)c2cc(-n3cnnc3)ccc2Cl)CC1. The number of halogens is 1. The second-order valence-electron chi connectivity index (χ2n) is 5.13. The highest BCUT2D eigenvalue weighted by Gasteiger charge is 2.22. The average molecular weight is 306 g/mol. The Labute approximate surface area is 127 Å². The van der Waals surface area contributed by atoms with Crippen LogP contribution in [0.5, 0.6) is 0 Å². The molecule has 1 aromatic heterocycles. The van der Waals surface area contributed by atoms with E-state index in [0.29, 0.717) is 10.6 Å². The molecule has 0 aliphatic carbocycles. The number of hydrogen-bond donors (Lipinski definition) is 0. The molecule has 7 heteroatoms. The third-order valence-electron chi connectivity index (χ3n) is 3.69. The van der Waals surface area contributed by atoms with Gasteiger partial charge in [-0.05, 0) is 25.2 Å². The topological polar surface area (TPSA) is 54.3 Å². The van der Waals surface area contributed by atoms with Gasteiger partial charge in [-0.25, -0.2) is 0 Å². The maximum absolute atomic E-state index is 12.6. The molecular formula is C14H16ClN5O. The van der Waals surface area contributed by atoms with E-state index < -0.39 is 0 Å². The minimum absolute atomic E-state index is 0.0250. The van der Waals surface area contributed by atoms with E-state index in [4.69, 9.17) is 11.6 Å². The lowest BCUT2D eigenvalue weighted by atomic mass is 10.1. The van der Waals surface area contributed by atoms with Crippen LogP contribution in [0.15, 0.2) is 30.9 Å². The molecule has 1 aliphatic heterocycles. The number of likely N-dealkylation sites (N-methyl/N-ethyl adjacent to an activating group) is 1. The summed E-state index contributed by atoms with van der Waals surface area (Å²) in [6.07, 6.45) is 3.18. The lowest BCUT2D eigenvalue weighted by Gasteiger charge is -2.32. The van der Waals surface area contributed by atoms with Crippen molar-refractivity contribution in [3.05, 3.63) is 41.4 Å². The Morgan fingerprint density at radius 3 is 2.48 bits per heavy atom. The summed E-state index contributed by atoms with van der Waals surface area (Å²) in [6, 6.07) is 5.36. The summed E-state index contributed by atoms with van der Waals surface area (Å²) in [7, 11) is 2.06. The Bertz CT molecular complexity index is 635. The highest BCUT2D eigenvalue weighted by atomic mass is 35.5. The standard InChI is InChI=1S/C14H16ClN5O/c1-18-4-6-19(7-5-18)14(21)12-8-11(2-3-13(12)15)20-9-16-17-10-20/h2-3,8-10H,4-7H2,1H3. The summed E-state index contributed by atoms with van der Waals surface area (Å²) in [6.45, 7) is 3.22. The van der Waals surface area contributed by atoms with E-state index in [1.807, 2.05) is 11.0 Å². The number of piperazine rings is 1. The highest BCUT2D eigenvalue weighted by Crippen LogP contribution is 2.22. The molecule has 6 nitrogen and oxygen atoms in total. The third-order valence-corrected chi connectivity index (χ3v) is 4.02. The third kappa shape index (κ3) is 2.91. The van der Waals surface area contributed by atoms with Crippen LogP contribution in [0.4, 0.5) is 0 Å². The van der Waals surface area contributed by atoms with Gasteiger partial charge >= 0.3 is 0 Å². The Balaban J connectivity index is 1.87. The monoisotopic (exact) mass is 305 g/mol. The zero-order chi connectivity index (χ0) is 14.8. The van der Waals surface area contributed by atoms with Crippen LogP contribution in [-0.2, 0) is 0 Å². The van der Waals surface area contributed by atoms with Gasteiger partial charge in [-0.3, -0.25) is 9.36 Å². The summed E-state index contributed by atoms with van der Waals surface area (Å²) in [5.41, 5.74) is 1.34. The van der Waals surface area contributed by atoms with Gasteiger partial charge in [0.05, 0.1) is 10.6 Å².